The van der Waals surface area contributed by atoms with Crippen LogP contribution in [0.15, 0.2) is 23.3 Å². The summed E-state index contributed by atoms with van der Waals surface area (Å²) < 4.78 is 16.0. The number of hydrogen-bond acceptors (Lipinski definition) is 11. The minimum atomic E-state index is 0.0178. The molecule has 0 amide bonds. The zero-order chi connectivity index (χ0) is 20.8. The predicted molar refractivity (Wildman–Crippen MR) is 112 cm³/mol. The predicted octanol–water partition coefficient (Wildman–Crippen LogP) is 0.705. The Morgan fingerprint density at radius 2 is 1.60 bits per heavy atom. The average Bonchev–Trinajstić information content (AvgIpc) is 2.81. The lowest BCUT2D eigenvalue weighted by Gasteiger charge is -2.30. The van der Waals surface area contributed by atoms with Gasteiger partial charge in [-0.15, -0.1) is 0 Å². The van der Waals surface area contributed by atoms with Crippen molar-refractivity contribution in [2.75, 3.05) is 74.9 Å². The Morgan fingerprint density at radius 1 is 1.00 bits per heavy atom. The smallest absolute Gasteiger partial charge is 0.250 e. The van der Waals surface area contributed by atoms with Crippen LogP contribution in [0.5, 0.6) is 11.5 Å². The maximum Gasteiger partial charge on any atom is 0.250 e. The van der Waals surface area contributed by atoms with E-state index in [1.54, 1.807) is 18.2 Å². The number of hydrogen-bond donors (Lipinski definition) is 2. The zero-order valence-corrected chi connectivity index (χ0v) is 16.8. The summed E-state index contributed by atoms with van der Waals surface area (Å²) in [6, 6.07) is 5.18. The lowest BCUT2D eigenvalue weighted by atomic mass is 10.2. The summed E-state index contributed by atoms with van der Waals surface area (Å²) >= 11 is 0. The summed E-state index contributed by atoms with van der Waals surface area (Å²) in [5.74, 6) is 1.88. The number of phenols is 1. The third kappa shape index (κ3) is 4.69. The number of phenolic OH excluding ortho intramolecular Hbond substituents is 1. The van der Waals surface area contributed by atoms with E-state index < -0.39 is 0 Å². The Labute approximate surface area is 174 Å². The van der Waals surface area contributed by atoms with Crippen LogP contribution >= 0.6 is 0 Å². The van der Waals surface area contributed by atoms with Crippen LogP contribution in [0.3, 0.4) is 0 Å². The summed E-state index contributed by atoms with van der Waals surface area (Å²) in [5.41, 5.74) is 3.37. The van der Waals surface area contributed by atoms with Gasteiger partial charge < -0.3 is 29.1 Å². The van der Waals surface area contributed by atoms with Gasteiger partial charge in [-0.05, 0) is 12.1 Å². The van der Waals surface area contributed by atoms with Gasteiger partial charge in [0, 0.05) is 31.7 Å². The number of ether oxygens (including phenoxy) is 3. The first-order valence-corrected chi connectivity index (χ1v) is 9.81. The number of rotatable bonds is 6. The van der Waals surface area contributed by atoms with E-state index in [9.17, 15) is 5.11 Å². The number of nitrogens with one attached hydrogen (secondary N) is 1. The molecule has 2 aromatic rings. The Bertz CT molecular complexity index is 847. The van der Waals surface area contributed by atoms with E-state index in [2.05, 4.69) is 35.3 Å². The molecule has 0 bridgehead atoms. The highest BCUT2D eigenvalue weighted by Gasteiger charge is 2.20. The Hall–Kier alpha value is -3.18. The second-order valence-corrected chi connectivity index (χ2v) is 6.73. The van der Waals surface area contributed by atoms with Gasteiger partial charge in [-0.25, -0.2) is 5.43 Å². The average molecular weight is 415 g/mol. The van der Waals surface area contributed by atoms with E-state index in [0.717, 1.165) is 0 Å². The molecule has 30 heavy (non-hydrogen) atoms. The third-order valence-corrected chi connectivity index (χ3v) is 4.82. The van der Waals surface area contributed by atoms with Crippen LogP contribution in [-0.4, -0.2) is 86.0 Å². The number of hydrazone groups is 1. The molecule has 0 aliphatic carbocycles. The standard InChI is InChI=1S/C19H25N7O4/c1-28-15-4-2-3-14(16(15)27)13-20-24-17-21-18(25-5-9-29-10-6-25)23-19(22-17)26-7-11-30-12-8-26/h2-4,13,27H,5-12H2,1H3,(H,21,22,23,24)/b20-13-. The van der Waals surface area contributed by atoms with Gasteiger partial charge in [-0.2, -0.15) is 20.1 Å². The molecular formula is C19H25N7O4. The van der Waals surface area contributed by atoms with Crippen molar-refractivity contribution in [3.63, 3.8) is 0 Å². The van der Waals surface area contributed by atoms with Gasteiger partial charge in [-0.1, -0.05) is 6.07 Å². The van der Waals surface area contributed by atoms with Gasteiger partial charge in [-0.3, -0.25) is 0 Å². The number of para-hydroxylation sites is 1. The molecule has 11 heteroatoms. The van der Waals surface area contributed by atoms with E-state index in [0.29, 0.717) is 81.8 Å². The van der Waals surface area contributed by atoms with Gasteiger partial charge in [0.2, 0.25) is 17.8 Å². The van der Waals surface area contributed by atoms with Crippen molar-refractivity contribution < 1.29 is 19.3 Å². The van der Waals surface area contributed by atoms with Crippen molar-refractivity contribution in [2.45, 2.75) is 0 Å². The highest BCUT2D eigenvalue weighted by molar-refractivity contribution is 5.85. The summed E-state index contributed by atoms with van der Waals surface area (Å²) in [6.45, 7) is 5.40. The normalized spacial score (nSPS) is 17.4. The van der Waals surface area contributed by atoms with Crippen LogP contribution < -0.4 is 20.0 Å². The molecule has 0 atom stereocenters. The molecular weight excluding hydrogens is 390 g/mol. The number of benzene rings is 1. The summed E-state index contributed by atoms with van der Waals surface area (Å²) in [4.78, 5) is 17.8. The summed E-state index contributed by atoms with van der Waals surface area (Å²) in [6.07, 6.45) is 1.49. The number of nitrogens with zero attached hydrogens (tertiary/aromatic N) is 6. The van der Waals surface area contributed by atoms with Crippen LogP contribution in [0.2, 0.25) is 0 Å². The van der Waals surface area contributed by atoms with E-state index in [1.807, 2.05) is 0 Å². The van der Waals surface area contributed by atoms with E-state index in [4.69, 9.17) is 14.2 Å². The van der Waals surface area contributed by atoms with Crippen LogP contribution in [0.25, 0.3) is 0 Å². The fourth-order valence-corrected chi connectivity index (χ4v) is 3.18. The molecule has 1 aromatic carbocycles. The molecule has 4 rings (SSSR count). The molecule has 0 unspecified atom stereocenters. The third-order valence-electron chi connectivity index (χ3n) is 4.82. The van der Waals surface area contributed by atoms with Gasteiger partial charge in [0.05, 0.1) is 39.8 Å². The highest BCUT2D eigenvalue weighted by Crippen LogP contribution is 2.28. The molecule has 0 radical (unpaired) electrons. The van der Waals surface area contributed by atoms with Gasteiger partial charge in [0.1, 0.15) is 0 Å². The molecule has 11 nitrogen and oxygen atoms in total. The second kappa shape index (κ2) is 9.55. The van der Waals surface area contributed by atoms with Crippen molar-refractivity contribution in [3.8, 4) is 11.5 Å². The van der Waals surface area contributed by atoms with E-state index in [-0.39, 0.29) is 5.75 Å². The molecule has 2 aliphatic heterocycles. The molecule has 2 aliphatic rings. The molecule has 1 aromatic heterocycles. The quantitative estimate of drug-likeness (QED) is 0.516. The number of aromatic hydroxyl groups is 1. The van der Waals surface area contributed by atoms with Gasteiger partial charge in [0.25, 0.3) is 0 Å². The first-order valence-electron chi connectivity index (χ1n) is 9.81. The number of methoxy groups -OCH3 is 1. The number of aromatic nitrogens is 3. The molecule has 3 heterocycles. The number of morpholine rings is 2. The van der Waals surface area contributed by atoms with Gasteiger partial charge in [0.15, 0.2) is 11.5 Å². The minimum absolute atomic E-state index is 0.0178. The maximum absolute atomic E-state index is 10.2. The molecule has 0 saturated carbocycles. The number of anilines is 3. The second-order valence-electron chi connectivity index (χ2n) is 6.73. The topological polar surface area (TPSA) is 117 Å². The van der Waals surface area contributed by atoms with Crippen molar-refractivity contribution >= 4 is 24.1 Å². The fourth-order valence-electron chi connectivity index (χ4n) is 3.18. The molecule has 2 saturated heterocycles. The minimum Gasteiger partial charge on any atom is -0.504 e. The van der Waals surface area contributed by atoms with E-state index in [1.165, 1.54) is 13.3 Å². The van der Waals surface area contributed by atoms with E-state index >= 15 is 0 Å². The van der Waals surface area contributed by atoms with Crippen LogP contribution in [0.4, 0.5) is 17.8 Å². The molecule has 2 fully saturated rings. The highest BCUT2D eigenvalue weighted by atomic mass is 16.5. The van der Waals surface area contributed by atoms with Crippen molar-refractivity contribution in [1.82, 2.24) is 15.0 Å². The van der Waals surface area contributed by atoms with Crippen LogP contribution in [0, 0.1) is 0 Å². The lowest BCUT2D eigenvalue weighted by Crippen LogP contribution is -2.40. The summed E-state index contributed by atoms with van der Waals surface area (Å²) in [5, 5.41) is 14.4. The Kier molecular flexibility index (Phi) is 6.40. The lowest BCUT2D eigenvalue weighted by molar-refractivity contribution is 0.121. The Balaban J connectivity index is 1.56. The fraction of sp³-hybridized carbons (Fsp3) is 0.474. The molecule has 160 valence electrons. The van der Waals surface area contributed by atoms with Crippen LogP contribution in [-0.2, 0) is 9.47 Å². The van der Waals surface area contributed by atoms with Crippen molar-refractivity contribution in [2.24, 2.45) is 5.10 Å². The Morgan fingerprint density at radius 3 is 2.17 bits per heavy atom. The monoisotopic (exact) mass is 415 g/mol. The van der Waals surface area contributed by atoms with Crippen molar-refractivity contribution in [1.29, 1.82) is 0 Å². The first kappa shape index (κ1) is 20.1. The zero-order valence-electron chi connectivity index (χ0n) is 16.8. The van der Waals surface area contributed by atoms with Gasteiger partial charge >= 0.3 is 0 Å². The SMILES string of the molecule is COc1cccc(/C=N\Nc2nc(N3CCOCC3)nc(N3CCOCC3)n2)c1O. The molecule has 0 spiro atoms. The largest absolute Gasteiger partial charge is 0.504 e. The molecule has 2 N–H and O–H groups in total. The first-order chi connectivity index (χ1) is 14.7. The van der Waals surface area contributed by atoms with Crippen LogP contribution in [0.1, 0.15) is 5.56 Å². The summed E-state index contributed by atoms with van der Waals surface area (Å²) in [7, 11) is 1.50. The maximum atomic E-state index is 10.2. The van der Waals surface area contributed by atoms with Crippen molar-refractivity contribution in [3.05, 3.63) is 23.8 Å².